The molecule has 2 rings (SSSR count). The summed E-state index contributed by atoms with van der Waals surface area (Å²) < 4.78 is 24.5. The van der Waals surface area contributed by atoms with E-state index < -0.39 is 12.1 Å². The van der Waals surface area contributed by atoms with Crippen LogP contribution in [0.3, 0.4) is 0 Å². The molecule has 1 unspecified atom stereocenters. The second-order valence-corrected chi connectivity index (χ2v) is 4.57. The summed E-state index contributed by atoms with van der Waals surface area (Å²) in [6.45, 7) is 2.38. The highest BCUT2D eigenvalue weighted by molar-refractivity contribution is 5.66. The highest BCUT2D eigenvalue weighted by Crippen LogP contribution is 2.38. The molecule has 1 aromatic rings. The van der Waals surface area contributed by atoms with Crippen molar-refractivity contribution in [3.63, 3.8) is 0 Å². The third-order valence-corrected chi connectivity index (χ3v) is 3.04. The van der Waals surface area contributed by atoms with Crippen molar-refractivity contribution in [1.29, 1.82) is 0 Å². The van der Waals surface area contributed by atoms with Crippen LogP contribution in [-0.2, 0) is 11.2 Å². The van der Waals surface area contributed by atoms with Crippen LogP contribution in [0.15, 0.2) is 12.1 Å². The quantitative estimate of drug-likeness (QED) is 0.892. The molecule has 0 fully saturated rings. The van der Waals surface area contributed by atoms with Gasteiger partial charge >= 0.3 is 5.97 Å². The fourth-order valence-electron chi connectivity index (χ4n) is 2.10. The van der Waals surface area contributed by atoms with Gasteiger partial charge in [-0.1, -0.05) is 0 Å². The van der Waals surface area contributed by atoms with E-state index in [-0.39, 0.29) is 6.42 Å². The lowest BCUT2D eigenvalue weighted by molar-refractivity contribution is -0.137. The Balaban J connectivity index is 2.23. The molecule has 0 saturated heterocycles. The van der Waals surface area contributed by atoms with Crippen LogP contribution >= 0.6 is 0 Å². The van der Waals surface area contributed by atoms with E-state index in [0.29, 0.717) is 43.1 Å². The predicted octanol–water partition coefficient (Wildman–Crippen LogP) is 2.90. The van der Waals surface area contributed by atoms with E-state index in [9.17, 15) is 9.18 Å². The molecule has 104 valence electrons. The van der Waals surface area contributed by atoms with Crippen molar-refractivity contribution in [2.45, 2.75) is 32.4 Å². The molecule has 0 aromatic heterocycles. The van der Waals surface area contributed by atoms with Gasteiger partial charge in [0.25, 0.3) is 0 Å². The number of carboxylic acid groups (broad SMARTS) is 1. The molecule has 5 heteroatoms. The molecule has 0 amide bonds. The van der Waals surface area contributed by atoms with Crippen molar-refractivity contribution in [2.24, 2.45) is 0 Å². The SMILES string of the molecule is CC(F)c1cc(CCCC(=O)O)c2c(c1)OCCO2. The molecule has 1 atom stereocenters. The highest BCUT2D eigenvalue weighted by atomic mass is 19.1. The average Bonchev–Trinajstić information content (AvgIpc) is 2.38. The lowest BCUT2D eigenvalue weighted by atomic mass is 10.0. The molecule has 1 aliphatic rings. The van der Waals surface area contributed by atoms with E-state index in [0.717, 1.165) is 5.56 Å². The summed E-state index contributed by atoms with van der Waals surface area (Å²) in [6.07, 6.45) is 0.0350. The van der Waals surface area contributed by atoms with Crippen molar-refractivity contribution >= 4 is 5.97 Å². The fourth-order valence-corrected chi connectivity index (χ4v) is 2.10. The smallest absolute Gasteiger partial charge is 0.303 e. The van der Waals surface area contributed by atoms with Gasteiger partial charge in [0.1, 0.15) is 19.4 Å². The van der Waals surface area contributed by atoms with Crippen molar-refractivity contribution < 1.29 is 23.8 Å². The maximum absolute atomic E-state index is 13.4. The number of hydrogen-bond donors (Lipinski definition) is 1. The zero-order valence-corrected chi connectivity index (χ0v) is 10.8. The Morgan fingerprint density at radius 1 is 1.42 bits per heavy atom. The van der Waals surface area contributed by atoms with Gasteiger partial charge in [-0.2, -0.15) is 0 Å². The van der Waals surface area contributed by atoms with Gasteiger partial charge in [-0.25, -0.2) is 4.39 Å². The highest BCUT2D eigenvalue weighted by Gasteiger charge is 2.19. The Bertz CT molecular complexity index is 471. The molecule has 0 aliphatic carbocycles. The zero-order valence-electron chi connectivity index (χ0n) is 10.8. The molecule has 1 N–H and O–H groups in total. The third-order valence-electron chi connectivity index (χ3n) is 3.04. The predicted molar refractivity (Wildman–Crippen MR) is 67.5 cm³/mol. The number of aryl methyl sites for hydroxylation is 1. The minimum Gasteiger partial charge on any atom is -0.486 e. The van der Waals surface area contributed by atoms with Crippen LogP contribution in [0.25, 0.3) is 0 Å². The van der Waals surface area contributed by atoms with E-state index in [1.807, 2.05) is 0 Å². The molecule has 19 heavy (non-hydrogen) atoms. The van der Waals surface area contributed by atoms with Crippen LogP contribution in [0.1, 0.15) is 37.1 Å². The molecule has 0 bridgehead atoms. The van der Waals surface area contributed by atoms with Crippen LogP contribution in [0.2, 0.25) is 0 Å². The minimum atomic E-state index is -1.09. The van der Waals surface area contributed by atoms with Gasteiger partial charge in [-0.05, 0) is 43.0 Å². The Morgan fingerprint density at radius 2 is 2.16 bits per heavy atom. The third kappa shape index (κ3) is 3.36. The number of carboxylic acids is 1. The van der Waals surface area contributed by atoms with Crippen LogP contribution in [0, 0.1) is 0 Å². The van der Waals surface area contributed by atoms with Crippen molar-refractivity contribution in [2.75, 3.05) is 13.2 Å². The summed E-state index contributed by atoms with van der Waals surface area (Å²) in [5.41, 5.74) is 1.35. The number of aliphatic carboxylic acids is 1. The summed E-state index contributed by atoms with van der Waals surface area (Å²) in [5, 5.41) is 8.66. The number of halogens is 1. The van der Waals surface area contributed by atoms with E-state index in [4.69, 9.17) is 14.6 Å². The monoisotopic (exact) mass is 268 g/mol. The molecule has 0 radical (unpaired) electrons. The maximum Gasteiger partial charge on any atom is 0.303 e. The number of benzene rings is 1. The minimum absolute atomic E-state index is 0.0883. The molecule has 0 saturated carbocycles. The Kier molecular flexibility index (Phi) is 4.24. The molecular formula is C14H17FO4. The summed E-state index contributed by atoms with van der Waals surface area (Å²) >= 11 is 0. The molecule has 1 aliphatic heterocycles. The first-order valence-electron chi connectivity index (χ1n) is 6.36. The van der Waals surface area contributed by atoms with Crippen molar-refractivity contribution in [3.8, 4) is 11.5 Å². The molecule has 1 aromatic carbocycles. The molecule has 4 nitrogen and oxygen atoms in total. The van der Waals surface area contributed by atoms with Gasteiger partial charge in [0, 0.05) is 6.42 Å². The standard InChI is InChI=1S/C14H17FO4/c1-9(15)11-7-10(3-2-4-13(16)17)14-12(8-11)18-5-6-19-14/h7-9H,2-6H2,1H3,(H,16,17). The van der Waals surface area contributed by atoms with E-state index >= 15 is 0 Å². The van der Waals surface area contributed by atoms with Gasteiger partial charge < -0.3 is 14.6 Å². The molecular weight excluding hydrogens is 251 g/mol. The number of ether oxygens (including phenoxy) is 2. The van der Waals surface area contributed by atoms with Crippen LogP contribution in [0.4, 0.5) is 4.39 Å². The van der Waals surface area contributed by atoms with Crippen molar-refractivity contribution in [3.05, 3.63) is 23.3 Å². The largest absolute Gasteiger partial charge is 0.486 e. The van der Waals surface area contributed by atoms with Crippen LogP contribution in [-0.4, -0.2) is 24.3 Å². The number of hydrogen-bond acceptors (Lipinski definition) is 3. The Hall–Kier alpha value is -1.78. The first-order chi connectivity index (χ1) is 9.08. The van der Waals surface area contributed by atoms with E-state index in [1.165, 1.54) is 6.92 Å². The Morgan fingerprint density at radius 3 is 2.84 bits per heavy atom. The van der Waals surface area contributed by atoms with Gasteiger partial charge in [0.15, 0.2) is 11.5 Å². The summed E-state index contributed by atoms with van der Waals surface area (Å²) in [5.74, 6) is 0.348. The van der Waals surface area contributed by atoms with Gasteiger partial charge in [-0.3, -0.25) is 4.79 Å². The van der Waals surface area contributed by atoms with E-state index in [1.54, 1.807) is 12.1 Å². The first-order valence-corrected chi connectivity index (χ1v) is 6.36. The summed E-state index contributed by atoms with van der Waals surface area (Å²) in [6, 6.07) is 3.39. The van der Waals surface area contributed by atoms with Gasteiger partial charge in [-0.15, -0.1) is 0 Å². The zero-order chi connectivity index (χ0) is 13.8. The summed E-state index contributed by atoms with van der Waals surface area (Å²) in [7, 11) is 0. The van der Waals surface area contributed by atoms with E-state index in [2.05, 4.69) is 0 Å². The van der Waals surface area contributed by atoms with Crippen LogP contribution in [0.5, 0.6) is 11.5 Å². The molecule has 0 spiro atoms. The second kappa shape index (κ2) is 5.91. The average molecular weight is 268 g/mol. The molecule has 1 heterocycles. The second-order valence-electron chi connectivity index (χ2n) is 4.57. The number of alkyl halides is 1. The maximum atomic E-state index is 13.4. The normalized spacial score (nSPS) is 15.1. The van der Waals surface area contributed by atoms with Gasteiger partial charge in [0.2, 0.25) is 0 Å². The van der Waals surface area contributed by atoms with Gasteiger partial charge in [0.05, 0.1) is 0 Å². The van der Waals surface area contributed by atoms with Crippen LogP contribution < -0.4 is 9.47 Å². The first kappa shape index (κ1) is 13.6. The fraction of sp³-hybridized carbons (Fsp3) is 0.500. The summed E-state index contributed by atoms with van der Waals surface area (Å²) in [4.78, 5) is 10.5. The number of fused-ring (bicyclic) bond motifs is 1. The lowest BCUT2D eigenvalue weighted by Crippen LogP contribution is -2.17. The topological polar surface area (TPSA) is 55.8 Å². The number of carbonyl (C=O) groups is 1. The lowest BCUT2D eigenvalue weighted by Gasteiger charge is -2.22. The van der Waals surface area contributed by atoms with Crippen molar-refractivity contribution in [1.82, 2.24) is 0 Å². The Labute approximate surface area is 111 Å². The number of rotatable bonds is 5.